The summed E-state index contributed by atoms with van der Waals surface area (Å²) in [5.41, 5.74) is 1.84. The lowest BCUT2D eigenvalue weighted by Crippen LogP contribution is -2.14. The molecule has 0 aliphatic carbocycles. The average Bonchev–Trinajstić information content (AvgIpc) is 2.50. The van der Waals surface area contributed by atoms with Crippen LogP contribution in [0.1, 0.15) is 6.92 Å². The van der Waals surface area contributed by atoms with Crippen molar-refractivity contribution < 1.29 is 9.47 Å². The molecule has 2 aromatic rings. The van der Waals surface area contributed by atoms with E-state index in [2.05, 4.69) is 10.6 Å². The van der Waals surface area contributed by atoms with Crippen molar-refractivity contribution in [3.8, 4) is 11.5 Å². The first-order valence-corrected chi connectivity index (χ1v) is 7.06. The lowest BCUT2D eigenvalue weighted by atomic mass is 10.2. The van der Waals surface area contributed by atoms with E-state index in [1.54, 1.807) is 6.20 Å². The Bertz CT molecular complexity index is 668. The summed E-state index contributed by atoms with van der Waals surface area (Å²) in [6.45, 7) is 2.60. The van der Waals surface area contributed by atoms with Gasteiger partial charge in [-0.25, -0.2) is 0 Å². The molecule has 5 heteroatoms. The van der Waals surface area contributed by atoms with Gasteiger partial charge in [0.1, 0.15) is 11.5 Å². The zero-order valence-corrected chi connectivity index (χ0v) is 12.3. The Labute approximate surface area is 128 Å². The van der Waals surface area contributed by atoms with Crippen molar-refractivity contribution >= 4 is 23.0 Å². The molecule has 1 heterocycles. The van der Waals surface area contributed by atoms with Gasteiger partial charge in [-0.05, 0) is 49.4 Å². The minimum Gasteiger partial charge on any atom is -0.494 e. The molecule has 4 nitrogen and oxygen atoms in total. The van der Waals surface area contributed by atoms with Gasteiger partial charge in [-0.15, -0.1) is 0 Å². The second-order valence-corrected chi connectivity index (χ2v) is 4.91. The third-order valence-electron chi connectivity index (χ3n) is 2.96. The van der Waals surface area contributed by atoms with Crippen LogP contribution in [0.15, 0.2) is 54.5 Å². The molecule has 0 atom stereocenters. The Balaban J connectivity index is 1.69. The molecule has 0 spiro atoms. The number of hydrogen-bond acceptors (Lipinski definition) is 4. The summed E-state index contributed by atoms with van der Waals surface area (Å²) in [7, 11) is 0. The standard InChI is InChI=1S/C16H15ClN2O2/c1-2-20-12-4-6-13(7-5-12)21-16-10-18-15-9-11(17)3-8-14(15)19-16/h3-10,18-19H,2H2,1H3. The first-order chi connectivity index (χ1) is 10.2. The Morgan fingerprint density at radius 2 is 1.76 bits per heavy atom. The van der Waals surface area contributed by atoms with Gasteiger partial charge in [-0.3, -0.25) is 0 Å². The molecule has 0 saturated carbocycles. The van der Waals surface area contributed by atoms with E-state index in [4.69, 9.17) is 21.1 Å². The summed E-state index contributed by atoms with van der Waals surface area (Å²) < 4.78 is 11.2. The average molecular weight is 303 g/mol. The Morgan fingerprint density at radius 1 is 1.00 bits per heavy atom. The largest absolute Gasteiger partial charge is 0.494 e. The number of rotatable bonds is 4. The highest BCUT2D eigenvalue weighted by atomic mass is 35.5. The van der Waals surface area contributed by atoms with Crippen molar-refractivity contribution in [1.82, 2.24) is 0 Å². The van der Waals surface area contributed by atoms with Gasteiger partial charge in [0.05, 0.1) is 24.2 Å². The number of fused-ring (bicyclic) bond motifs is 1. The summed E-state index contributed by atoms with van der Waals surface area (Å²) in [4.78, 5) is 0. The van der Waals surface area contributed by atoms with Crippen molar-refractivity contribution in [2.24, 2.45) is 0 Å². The second-order valence-electron chi connectivity index (χ2n) is 4.47. The summed E-state index contributed by atoms with van der Waals surface area (Å²) in [5.74, 6) is 2.18. The second kappa shape index (κ2) is 5.97. The van der Waals surface area contributed by atoms with Gasteiger partial charge >= 0.3 is 0 Å². The maximum Gasteiger partial charge on any atom is 0.214 e. The van der Waals surface area contributed by atoms with E-state index in [0.29, 0.717) is 17.5 Å². The quantitative estimate of drug-likeness (QED) is 0.875. The van der Waals surface area contributed by atoms with Crippen LogP contribution in [-0.2, 0) is 0 Å². The molecule has 0 fully saturated rings. The summed E-state index contributed by atoms with van der Waals surface area (Å²) >= 11 is 5.95. The molecule has 2 aromatic carbocycles. The number of ether oxygens (including phenoxy) is 2. The zero-order chi connectivity index (χ0) is 14.7. The molecule has 1 aliphatic rings. The van der Waals surface area contributed by atoms with Crippen LogP contribution in [0.3, 0.4) is 0 Å². The lowest BCUT2D eigenvalue weighted by Gasteiger charge is -2.20. The third-order valence-corrected chi connectivity index (χ3v) is 3.20. The third kappa shape index (κ3) is 3.23. The van der Waals surface area contributed by atoms with Crippen LogP contribution in [0.4, 0.5) is 11.4 Å². The van der Waals surface area contributed by atoms with E-state index in [-0.39, 0.29) is 0 Å². The summed E-state index contributed by atoms with van der Waals surface area (Å²) in [5, 5.41) is 7.03. The van der Waals surface area contributed by atoms with Crippen molar-refractivity contribution in [3.05, 3.63) is 59.6 Å². The van der Waals surface area contributed by atoms with Gasteiger partial charge < -0.3 is 20.1 Å². The molecule has 21 heavy (non-hydrogen) atoms. The number of nitrogens with one attached hydrogen (secondary N) is 2. The number of halogens is 1. The van der Waals surface area contributed by atoms with E-state index >= 15 is 0 Å². The predicted octanol–water partition coefficient (Wildman–Crippen LogP) is 4.45. The Hall–Kier alpha value is -2.33. The Morgan fingerprint density at radius 3 is 2.52 bits per heavy atom. The monoisotopic (exact) mass is 302 g/mol. The van der Waals surface area contributed by atoms with Gasteiger partial charge in [0.2, 0.25) is 5.88 Å². The Kier molecular flexibility index (Phi) is 3.88. The maximum atomic E-state index is 5.95. The fraction of sp³-hybridized carbons (Fsp3) is 0.125. The van der Waals surface area contributed by atoms with E-state index in [1.807, 2.05) is 49.4 Å². The van der Waals surface area contributed by atoms with E-state index in [1.165, 1.54) is 0 Å². The predicted molar refractivity (Wildman–Crippen MR) is 85.0 cm³/mol. The minimum atomic E-state index is 0.619. The first-order valence-electron chi connectivity index (χ1n) is 6.68. The molecular weight excluding hydrogens is 288 g/mol. The SMILES string of the molecule is CCOc1ccc(OC2=CNc3cc(Cl)ccc3N2)cc1. The zero-order valence-electron chi connectivity index (χ0n) is 11.5. The number of hydrogen-bond donors (Lipinski definition) is 2. The van der Waals surface area contributed by atoms with Gasteiger partial charge in [-0.2, -0.15) is 0 Å². The minimum absolute atomic E-state index is 0.619. The van der Waals surface area contributed by atoms with Crippen molar-refractivity contribution in [2.45, 2.75) is 6.92 Å². The smallest absolute Gasteiger partial charge is 0.214 e. The maximum absolute atomic E-state index is 5.95. The van der Waals surface area contributed by atoms with E-state index in [9.17, 15) is 0 Å². The van der Waals surface area contributed by atoms with E-state index in [0.717, 1.165) is 22.9 Å². The van der Waals surface area contributed by atoms with Crippen LogP contribution in [0.2, 0.25) is 5.02 Å². The molecule has 0 amide bonds. The van der Waals surface area contributed by atoms with Gasteiger partial charge in [0.15, 0.2) is 0 Å². The van der Waals surface area contributed by atoms with Gasteiger partial charge in [-0.1, -0.05) is 11.6 Å². The number of anilines is 2. The number of benzene rings is 2. The molecule has 0 saturated heterocycles. The molecule has 2 N–H and O–H groups in total. The normalized spacial score (nSPS) is 12.6. The first kappa shape index (κ1) is 13.6. The van der Waals surface area contributed by atoms with Crippen molar-refractivity contribution in [1.29, 1.82) is 0 Å². The molecule has 108 valence electrons. The topological polar surface area (TPSA) is 42.5 Å². The summed E-state index contributed by atoms with van der Waals surface area (Å²) in [6.07, 6.45) is 1.76. The molecular formula is C16H15ClN2O2. The van der Waals surface area contributed by atoms with Crippen molar-refractivity contribution in [3.63, 3.8) is 0 Å². The molecule has 0 bridgehead atoms. The van der Waals surface area contributed by atoms with Crippen LogP contribution >= 0.6 is 11.6 Å². The fourth-order valence-corrected chi connectivity index (χ4v) is 2.18. The molecule has 0 radical (unpaired) electrons. The highest BCUT2D eigenvalue weighted by molar-refractivity contribution is 6.31. The van der Waals surface area contributed by atoms with E-state index < -0.39 is 0 Å². The lowest BCUT2D eigenvalue weighted by molar-refractivity contribution is 0.339. The van der Waals surface area contributed by atoms with Crippen LogP contribution in [0.25, 0.3) is 0 Å². The molecule has 1 aliphatic heterocycles. The van der Waals surface area contributed by atoms with Crippen LogP contribution in [-0.4, -0.2) is 6.61 Å². The van der Waals surface area contributed by atoms with Crippen LogP contribution in [0, 0.1) is 0 Å². The van der Waals surface area contributed by atoms with Gasteiger partial charge in [0.25, 0.3) is 0 Å². The van der Waals surface area contributed by atoms with Crippen LogP contribution in [0.5, 0.6) is 11.5 Å². The molecule has 3 rings (SSSR count). The summed E-state index contributed by atoms with van der Waals surface area (Å²) in [6, 6.07) is 13.1. The molecule has 0 unspecified atom stereocenters. The van der Waals surface area contributed by atoms with Crippen LogP contribution < -0.4 is 20.1 Å². The highest BCUT2D eigenvalue weighted by Gasteiger charge is 2.11. The highest BCUT2D eigenvalue weighted by Crippen LogP contribution is 2.30. The fourth-order valence-electron chi connectivity index (χ4n) is 2.01. The molecule has 0 aromatic heterocycles. The van der Waals surface area contributed by atoms with Gasteiger partial charge in [0, 0.05) is 5.02 Å². The van der Waals surface area contributed by atoms with Crippen molar-refractivity contribution in [2.75, 3.05) is 17.2 Å².